The van der Waals surface area contributed by atoms with Gasteiger partial charge in [0, 0.05) is 25.4 Å². The summed E-state index contributed by atoms with van der Waals surface area (Å²) >= 11 is 0. The first-order chi connectivity index (χ1) is 12.7. The number of ether oxygens (including phenoxy) is 2. The summed E-state index contributed by atoms with van der Waals surface area (Å²) in [6.45, 7) is 6.77. The Morgan fingerprint density at radius 1 is 1.15 bits per heavy atom. The van der Waals surface area contributed by atoms with Gasteiger partial charge in [-0.15, -0.1) is 0 Å². The maximum atomic E-state index is 12.9. The van der Waals surface area contributed by atoms with Crippen LogP contribution in [0.3, 0.4) is 0 Å². The Morgan fingerprint density at radius 3 is 2.65 bits per heavy atom. The normalized spacial score (nSPS) is 13.5. The summed E-state index contributed by atoms with van der Waals surface area (Å²) in [5.41, 5.74) is 1.16. The van der Waals surface area contributed by atoms with E-state index in [1.54, 1.807) is 18.3 Å². The Balaban J connectivity index is 1.87. The van der Waals surface area contributed by atoms with Crippen LogP contribution in [0.5, 0.6) is 11.5 Å². The first kappa shape index (κ1) is 18.0. The minimum atomic E-state index is -0.199. The monoisotopic (exact) mass is 355 g/mol. The summed E-state index contributed by atoms with van der Waals surface area (Å²) in [4.78, 5) is 19.5. The van der Waals surface area contributed by atoms with E-state index < -0.39 is 0 Å². The summed E-state index contributed by atoms with van der Waals surface area (Å²) in [6, 6.07) is 9.04. The van der Waals surface area contributed by atoms with Crippen molar-refractivity contribution in [3.63, 3.8) is 0 Å². The van der Waals surface area contributed by atoms with Gasteiger partial charge in [-0.3, -0.25) is 4.79 Å². The van der Waals surface area contributed by atoms with Gasteiger partial charge in [-0.25, -0.2) is 4.98 Å². The van der Waals surface area contributed by atoms with Crippen LogP contribution < -0.4 is 19.7 Å². The Kier molecular flexibility index (Phi) is 5.94. The molecule has 1 aromatic heterocycles. The average molecular weight is 355 g/mol. The molecule has 1 aliphatic heterocycles. The fourth-order valence-corrected chi connectivity index (χ4v) is 3.09. The average Bonchev–Trinajstić information content (AvgIpc) is 3.19. The largest absolute Gasteiger partial charge is 0.494 e. The smallest absolute Gasteiger partial charge is 0.259 e. The highest BCUT2D eigenvalue weighted by Crippen LogP contribution is 2.31. The van der Waals surface area contributed by atoms with Crippen LogP contribution in [-0.4, -0.2) is 37.2 Å². The minimum Gasteiger partial charge on any atom is -0.494 e. The van der Waals surface area contributed by atoms with E-state index in [1.807, 2.05) is 32.0 Å². The van der Waals surface area contributed by atoms with Crippen LogP contribution in [0.2, 0.25) is 0 Å². The maximum Gasteiger partial charge on any atom is 0.259 e. The number of amides is 1. The molecule has 6 heteroatoms. The molecular formula is C20H25N3O3. The molecule has 0 radical (unpaired) electrons. The third-order valence-corrected chi connectivity index (χ3v) is 4.25. The van der Waals surface area contributed by atoms with E-state index in [4.69, 9.17) is 9.47 Å². The Bertz CT molecular complexity index is 758. The molecule has 1 amide bonds. The van der Waals surface area contributed by atoms with E-state index in [1.165, 1.54) is 0 Å². The maximum absolute atomic E-state index is 12.9. The standard InChI is InChI=1S/C20H25N3O3/c1-3-25-15-9-10-18(26-4-2)17(14-15)22-20(24)16-8-7-11-21-19(16)23-12-5-6-13-23/h7-11,14H,3-6,12-13H2,1-2H3,(H,22,24). The van der Waals surface area contributed by atoms with Crippen LogP contribution in [0.15, 0.2) is 36.5 Å². The van der Waals surface area contributed by atoms with Gasteiger partial charge >= 0.3 is 0 Å². The van der Waals surface area contributed by atoms with Gasteiger partial charge in [-0.05, 0) is 51.0 Å². The van der Waals surface area contributed by atoms with Crippen molar-refractivity contribution in [2.75, 3.05) is 36.5 Å². The lowest BCUT2D eigenvalue weighted by atomic mass is 10.2. The number of carbonyl (C=O) groups excluding carboxylic acids is 1. The molecule has 3 rings (SSSR count). The van der Waals surface area contributed by atoms with E-state index in [2.05, 4.69) is 15.2 Å². The molecule has 0 spiro atoms. The number of nitrogens with zero attached hydrogens (tertiary/aromatic N) is 2. The van der Waals surface area contributed by atoms with Gasteiger partial charge in [0.05, 0.1) is 24.5 Å². The summed E-state index contributed by atoms with van der Waals surface area (Å²) < 4.78 is 11.2. The molecule has 0 unspecified atom stereocenters. The number of aromatic nitrogens is 1. The van der Waals surface area contributed by atoms with Crippen molar-refractivity contribution in [3.05, 3.63) is 42.1 Å². The van der Waals surface area contributed by atoms with Crippen molar-refractivity contribution in [1.29, 1.82) is 0 Å². The molecule has 0 bridgehead atoms. The van der Waals surface area contributed by atoms with Gasteiger partial charge in [0.1, 0.15) is 17.3 Å². The molecule has 138 valence electrons. The van der Waals surface area contributed by atoms with Crippen molar-refractivity contribution >= 4 is 17.4 Å². The molecule has 1 aliphatic rings. The zero-order chi connectivity index (χ0) is 18.4. The molecule has 1 aromatic carbocycles. The first-order valence-corrected chi connectivity index (χ1v) is 9.14. The van der Waals surface area contributed by atoms with Crippen LogP contribution in [0.25, 0.3) is 0 Å². The summed E-state index contributed by atoms with van der Waals surface area (Å²) in [5.74, 6) is 1.85. The second-order valence-electron chi connectivity index (χ2n) is 6.05. The molecular weight excluding hydrogens is 330 g/mol. The zero-order valence-electron chi connectivity index (χ0n) is 15.3. The quantitative estimate of drug-likeness (QED) is 0.820. The van der Waals surface area contributed by atoms with Gasteiger partial charge in [0.15, 0.2) is 0 Å². The first-order valence-electron chi connectivity index (χ1n) is 9.14. The van der Waals surface area contributed by atoms with Gasteiger partial charge < -0.3 is 19.7 Å². The lowest BCUT2D eigenvalue weighted by Crippen LogP contribution is -2.24. The summed E-state index contributed by atoms with van der Waals surface area (Å²) in [6.07, 6.45) is 3.98. The minimum absolute atomic E-state index is 0.199. The van der Waals surface area contributed by atoms with Crippen molar-refractivity contribution in [3.8, 4) is 11.5 Å². The van der Waals surface area contributed by atoms with Crippen LogP contribution in [0, 0.1) is 0 Å². The Labute approximate surface area is 154 Å². The number of hydrogen-bond acceptors (Lipinski definition) is 5. The summed E-state index contributed by atoms with van der Waals surface area (Å²) in [5, 5.41) is 2.96. The lowest BCUT2D eigenvalue weighted by molar-refractivity contribution is 0.102. The van der Waals surface area contributed by atoms with E-state index in [9.17, 15) is 4.79 Å². The predicted octanol–water partition coefficient (Wildman–Crippen LogP) is 3.73. The Morgan fingerprint density at radius 2 is 1.92 bits per heavy atom. The number of nitrogens with one attached hydrogen (secondary N) is 1. The Hall–Kier alpha value is -2.76. The van der Waals surface area contributed by atoms with Crippen LogP contribution in [0.1, 0.15) is 37.0 Å². The number of hydrogen-bond donors (Lipinski definition) is 1. The fourth-order valence-electron chi connectivity index (χ4n) is 3.09. The molecule has 1 fully saturated rings. The lowest BCUT2D eigenvalue weighted by Gasteiger charge is -2.20. The van der Waals surface area contributed by atoms with Gasteiger partial charge in [0.2, 0.25) is 0 Å². The van der Waals surface area contributed by atoms with Crippen molar-refractivity contribution in [2.45, 2.75) is 26.7 Å². The fraction of sp³-hybridized carbons (Fsp3) is 0.400. The van der Waals surface area contributed by atoms with Crippen molar-refractivity contribution < 1.29 is 14.3 Å². The highest BCUT2D eigenvalue weighted by Gasteiger charge is 2.21. The van der Waals surface area contributed by atoms with Gasteiger partial charge in [-0.2, -0.15) is 0 Å². The van der Waals surface area contributed by atoms with E-state index in [0.717, 1.165) is 31.7 Å². The molecule has 0 atom stereocenters. The van der Waals surface area contributed by atoms with Crippen LogP contribution in [-0.2, 0) is 0 Å². The number of pyridine rings is 1. The molecule has 26 heavy (non-hydrogen) atoms. The second kappa shape index (κ2) is 8.56. The molecule has 2 aromatic rings. The molecule has 0 aliphatic carbocycles. The summed E-state index contributed by atoms with van der Waals surface area (Å²) in [7, 11) is 0. The van der Waals surface area contributed by atoms with E-state index in [0.29, 0.717) is 36.0 Å². The molecule has 6 nitrogen and oxygen atoms in total. The third kappa shape index (κ3) is 4.07. The van der Waals surface area contributed by atoms with Crippen molar-refractivity contribution in [1.82, 2.24) is 4.98 Å². The molecule has 1 N–H and O–H groups in total. The van der Waals surface area contributed by atoms with Crippen LogP contribution in [0.4, 0.5) is 11.5 Å². The zero-order valence-corrected chi connectivity index (χ0v) is 15.3. The highest BCUT2D eigenvalue weighted by atomic mass is 16.5. The highest BCUT2D eigenvalue weighted by molar-refractivity contribution is 6.08. The number of rotatable bonds is 7. The molecule has 0 saturated carbocycles. The second-order valence-corrected chi connectivity index (χ2v) is 6.05. The molecule has 2 heterocycles. The van der Waals surface area contributed by atoms with E-state index >= 15 is 0 Å². The van der Waals surface area contributed by atoms with Gasteiger partial charge in [-0.1, -0.05) is 0 Å². The number of benzene rings is 1. The van der Waals surface area contributed by atoms with Crippen LogP contribution >= 0.6 is 0 Å². The number of anilines is 2. The molecule has 1 saturated heterocycles. The van der Waals surface area contributed by atoms with Crippen molar-refractivity contribution in [2.24, 2.45) is 0 Å². The van der Waals surface area contributed by atoms with E-state index in [-0.39, 0.29) is 5.91 Å². The predicted molar refractivity (Wildman–Crippen MR) is 102 cm³/mol. The number of carbonyl (C=O) groups is 1. The topological polar surface area (TPSA) is 63.7 Å². The third-order valence-electron chi connectivity index (χ3n) is 4.25. The SMILES string of the molecule is CCOc1ccc(OCC)c(NC(=O)c2cccnc2N2CCCC2)c1. The van der Waals surface area contributed by atoms with Gasteiger partial charge in [0.25, 0.3) is 5.91 Å².